The van der Waals surface area contributed by atoms with Gasteiger partial charge in [-0.3, -0.25) is 0 Å². The number of rotatable bonds is 4. The Hall–Kier alpha value is -1.09. The predicted molar refractivity (Wildman–Crippen MR) is 79.3 cm³/mol. The maximum Gasteiger partial charge on any atom is 0.129 e. The molecule has 0 radical (unpaired) electrons. The monoisotopic (exact) mass is 262 g/mol. The Morgan fingerprint density at radius 1 is 1.32 bits per heavy atom. The summed E-state index contributed by atoms with van der Waals surface area (Å²) in [6.07, 6.45) is 3.43. The molecule has 3 nitrogen and oxygen atoms in total. The first-order valence-corrected chi connectivity index (χ1v) is 7.49. The fourth-order valence-electron chi connectivity index (χ4n) is 2.86. The molecule has 1 N–H and O–H groups in total. The summed E-state index contributed by atoms with van der Waals surface area (Å²) in [6.45, 7) is 9.03. The zero-order chi connectivity index (χ0) is 13.8. The molecular weight excluding hydrogens is 236 g/mol. The molecule has 1 aliphatic rings. The molecule has 0 aromatic carbocycles. The van der Waals surface area contributed by atoms with Crippen LogP contribution in [0, 0.1) is 11.8 Å². The zero-order valence-electron chi connectivity index (χ0n) is 12.4. The summed E-state index contributed by atoms with van der Waals surface area (Å²) >= 11 is 0. The summed E-state index contributed by atoms with van der Waals surface area (Å²) in [5, 5.41) is 9.35. The summed E-state index contributed by atoms with van der Waals surface area (Å²) in [4.78, 5) is 7.08. The third kappa shape index (κ3) is 3.47. The molecule has 19 heavy (non-hydrogen) atoms. The maximum absolute atomic E-state index is 9.35. The smallest absolute Gasteiger partial charge is 0.129 e. The third-order valence-electron chi connectivity index (χ3n) is 4.28. The first-order chi connectivity index (χ1) is 9.13. The molecule has 1 aromatic rings. The topological polar surface area (TPSA) is 36.4 Å². The first-order valence-electron chi connectivity index (χ1n) is 7.49. The first kappa shape index (κ1) is 14.3. The quantitative estimate of drug-likeness (QED) is 0.906. The summed E-state index contributed by atoms with van der Waals surface area (Å²) in [6, 6.07) is 4.04. The molecular formula is C16H26N2O. The Morgan fingerprint density at radius 3 is 2.53 bits per heavy atom. The summed E-state index contributed by atoms with van der Waals surface area (Å²) in [7, 11) is 0. The van der Waals surface area contributed by atoms with Crippen LogP contribution < -0.4 is 4.90 Å². The van der Waals surface area contributed by atoms with Crippen LogP contribution in [0.5, 0.6) is 0 Å². The lowest BCUT2D eigenvalue weighted by Crippen LogP contribution is -2.35. The Kier molecular flexibility index (Phi) is 4.81. The zero-order valence-corrected chi connectivity index (χ0v) is 12.4. The van der Waals surface area contributed by atoms with Gasteiger partial charge in [-0.2, -0.15) is 0 Å². The minimum atomic E-state index is 0.102. The highest BCUT2D eigenvalue weighted by atomic mass is 16.3. The van der Waals surface area contributed by atoms with Gasteiger partial charge < -0.3 is 10.0 Å². The number of piperidine rings is 1. The second-order valence-corrected chi connectivity index (χ2v) is 5.91. The van der Waals surface area contributed by atoms with Crippen LogP contribution in [-0.2, 0) is 13.0 Å². The Morgan fingerprint density at radius 2 is 2.00 bits per heavy atom. The number of hydrogen-bond acceptors (Lipinski definition) is 3. The minimum Gasteiger partial charge on any atom is -0.392 e. The van der Waals surface area contributed by atoms with Crippen molar-refractivity contribution in [3.63, 3.8) is 0 Å². The largest absolute Gasteiger partial charge is 0.392 e. The molecule has 2 rings (SSSR count). The number of aromatic nitrogens is 1. The Labute approximate surface area is 116 Å². The molecule has 1 fully saturated rings. The van der Waals surface area contributed by atoms with Crippen molar-refractivity contribution in [1.82, 2.24) is 4.98 Å². The number of aliphatic hydroxyl groups is 1. The van der Waals surface area contributed by atoms with Gasteiger partial charge >= 0.3 is 0 Å². The minimum absolute atomic E-state index is 0.102. The number of anilines is 1. The van der Waals surface area contributed by atoms with Gasteiger partial charge in [-0.1, -0.05) is 20.8 Å². The van der Waals surface area contributed by atoms with Crippen LogP contribution in [0.25, 0.3) is 0 Å². The Balaban J connectivity index is 2.10. The van der Waals surface area contributed by atoms with Crippen molar-refractivity contribution in [3.8, 4) is 0 Å². The van der Waals surface area contributed by atoms with E-state index < -0.39 is 0 Å². The van der Waals surface area contributed by atoms with E-state index in [1.807, 2.05) is 12.1 Å². The van der Waals surface area contributed by atoms with Crippen molar-refractivity contribution in [2.75, 3.05) is 18.0 Å². The van der Waals surface area contributed by atoms with Crippen molar-refractivity contribution in [2.45, 2.75) is 46.6 Å². The number of aliphatic hydroxyl groups excluding tert-OH is 1. The molecule has 0 atom stereocenters. The molecule has 0 unspecified atom stereocenters. The van der Waals surface area contributed by atoms with Crippen LogP contribution in [0.3, 0.4) is 0 Å². The van der Waals surface area contributed by atoms with E-state index in [2.05, 4.69) is 25.7 Å². The average molecular weight is 262 g/mol. The fourth-order valence-corrected chi connectivity index (χ4v) is 2.86. The number of nitrogens with zero attached hydrogens (tertiary/aromatic N) is 2. The predicted octanol–water partition coefficient (Wildman–Crippen LogP) is 3.01. The molecule has 2 heterocycles. The number of aryl methyl sites for hydroxylation is 1. The number of pyridine rings is 1. The maximum atomic E-state index is 9.35. The average Bonchev–Trinajstić information content (AvgIpc) is 2.46. The van der Waals surface area contributed by atoms with Gasteiger partial charge in [0.25, 0.3) is 0 Å². The summed E-state index contributed by atoms with van der Waals surface area (Å²) in [5.41, 5.74) is 2.06. The van der Waals surface area contributed by atoms with Gasteiger partial charge in [0.15, 0.2) is 0 Å². The summed E-state index contributed by atoms with van der Waals surface area (Å²) in [5.74, 6) is 2.68. The molecule has 1 aliphatic heterocycles. The van der Waals surface area contributed by atoms with Crippen LogP contribution in [-0.4, -0.2) is 23.2 Å². The van der Waals surface area contributed by atoms with Crippen molar-refractivity contribution in [1.29, 1.82) is 0 Å². The van der Waals surface area contributed by atoms with E-state index in [4.69, 9.17) is 4.98 Å². The van der Waals surface area contributed by atoms with Gasteiger partial charge in [-0.25, -0.2) is 4.98 Å². The molecule has 0 aliphatic carbocycles. The lowest BCUT2D eigenvalue weighted by Gasteiger charge is -2.35. The second kappa shape index (κ2) is 6.38. The highest BCUT2D eigenvalue weighted by Gasteiger charge is 2.22. The van der Waals surface area contributed by atoms with Crippen molar-refractivity contribution >= 4 is 5.82 Å². The lowest BCUT2D eigenvalue weighted by molar-refractivity contribution is 0.281. The van der Waals surface area contributed by atoms with Gasteiger partial charge in [0.05, 0.1) is 6.61 Å². The lowest BCUT2D eigenvalue weighted by atomic mass is 9.87. The van der Waals surface area contributed by atoms with E-state index in [0.717, 1.165) is 48.4 Å². The van der Waals surface area contributed by atoms with Crippen molar-refractivity contribution in [2.24, 2.45) is 11.8 Å². The van der Waals surface area contributed by atoms with Gasteiger partial charge in [0.1, 0.15) is 5.82 Å². The normalized spacial score (nSPS) is 17.2. The van der Waals surface area contributed by atoms with Crippen LogP contribution in [0.15, 0.2) is 12.1 Å². The van der Waals surface area contributed by atoms with Gasteiger partial charge in [-0.15, -0.1) is 0 Å². The molecule has 1 saturated heterocycles. The van der Waals surface area contributed by atoms with Crippen molar-refractivity contribution in [3.05, 3.63) is 23.4 Å². The van der Waals surface area contributed by atoms with Gasteiger partial charge in [-0.05, 0) is 48.8 Å². The van der Waals surface area contributed by atoms with Crippen molar-refractivity contribution < 1.29 is 5.11 Å². The van der Waals surface area contributed by atoms with Gasteiger partial charge in [0.2, 0.25) is 0 Å². The molecule has 0 amide bonds. The van der Waals surface area contributed by atoms with Crippen LogP contribution in [0.1, 0.15) is 44.9 Å². The van der Waals surface area contributed by atoms with E-state index >= 15 is 0 Å². The molecule has 0 saturated carbocycles. The highest BCUT2D eigenvalue weighted by molar-refractivity contribution is 5.43. The standard InChI is InChI=1S/C16H26N2O/c1-4-15-9-13(11-19)10-16(17-15)18-7-5-14(6-8-18)12(2)3/h9-10,12,14,19H,4-8,11H2,1-3H3. The summed E-state index contributed by atoms with van der Waals surface area (Å²) < 4.78 is 0. The highest BCUT2D eigenvalue weighted by Crippen LogP contribution is 2.27. The molecule has 3 heteroatoms. The van der Waals surface area contributed by atoms with E-state index in [1.165, 1.54) is 12.8 Å². The fraction of sp³-hybridized carbons (Fsp3) is 0.688. The van der Waals surface area contributed by atoms with E-state index in [9.17, 15) is 5.11 Å². The van der Waals surface area contributed by atoms with E-state index in [0.29, 0.717) is 0 Å². The molecule has 0 spiro atoms. The van der Waals surface area contributed by atoms with E-state index in [-0.39, 0.29) is 6.61 Å². The van der Waals surface area contributed by atoms with Gasteiger partial charge in [0, 0.05) is 18.8 Å². The van der Waals surface area contributed by atoms with E-state index in [1.54, 1.807) is 0 Å². The second-order valence-electron chi connectivity index (χ2n) is 5.91. The van der Waals surface area contributed by atoms with Crippen LogP contribution in [0.4, 0.5) is 5.82 Å². The molecule has 106 valence electrons. The molecule has 1 aromatic heterocycles. The Bertz CT molecular complexity index is 387. The SMILES string of the molecule is CCc1cc(CO)cc(N2CCC(C(C)C)CC2)n1. The number of hydrogen-bond donors (Lipinski definition) is 1. The third-order valence-corrected chi connectivity index (χ3v) is 4.28. The molecule has 0 bridgehead atoms. The van der Waals surface area contributed by atoms with Crippen LogP contribution >= 0.6 is 0 Å². The van der Waals surface area contributed by atoms with Crippen LogP contribution in [0.2, 0.25) is 0 Å².